The second kappa shape index (κ2) is 7.43. The van der Waals surface area contributed by atoms with Gasteiger partial charge in [0.05, 0.1) is 6.04 Å². The highest BCUT2D eigenvalue weighted by atomic mass is 16.3. The molecule has 7 nitrogen and oxygen atoms in total. The Morgan fingerprint density at radius 1 is 1.15 bits per heavy atom. The minimum Gasteiger partial charge on any atom is -0.508 e. The van der Waals surface area contributed by atoms with Gasteiger partial charge in [-0.1, -0.05) is 19.9 Å². The number of hydrogen-bond donors (Lipinski definition) is 3. The van der Waals surface area contributed by atoms with E-state index in [1.54, 1.807) is 24.4 Å². The first kappa shape index (κ1) is 17.7. The predicted molar refractivity (Wildman–Crippen MR) is 103 cm³/mol. The van der Waals surface area contributed by atoms with Crippen LogP contribution in [0, 0.1) is 12.8 Å². The van der Waals surface area contributed by atoms with Crippen LogP contribution in [0.5, 0.6) is 5.75 Å². The van der Waals surface area contributed by atoms with E-state index >= 15 is 0 Å². The number of anilines is 3. The Balaban J connectivity index is 1.86. The van der Waals surface area contributed by atoms with Crippen molar-refractivity contribution in [3.63, 3.8) is 0 Å². The molecule has 0 saturated carbocycles. The van der Waals surface area contributed by atoms with Gasteiger partial charge < -0.3 is 20.3 Å². The van der Waals surface area contributed by atoms with Gasteiger partial charge >= 0.3 is 0 Å². The third-order valence-corrected chi connectivity index (χ3v) is 4.06. The number of aryl methyl sites for hydroxylation is 2. The van der Waals surface area contributed by atoms with Crippen molar-refractivity contribution in [2.45, 2.75) is 26.8 Å². The number of phenolic OH excluding ortho intramolecular Hbond substituents is 1. The summed E-state index contributed by atoms with van der Waals surface area (Å²) in [5.74, 6) is 2.67. The van der Waals surface area contributed by atoms with Crippen LogP contribution in [-0.4, -0.2) is 24.6 Å². The number of imidazole rings is 1. The fraction of sp³-hybridized carbons (Fsp3) is 0.316. The number of aromatic hydroxyl groups is 1. The fourth-order valence-corrected chi connectivity index (χ4v) is 2.78. The highest BCUT2D eigenvalue weighted by Crippen LogP contribution is 2.26. The van der Waals surface area contributed by atoms with Crippen molar-refractivity contribution in [1.82, 2.24) is 19.5 Å². The number of nitrogens with one attached hydrogen (secondary N) is 2. The minimum absolute atomic E-state index is 0.0259. The molecular formula is C19H24N6O. The maximum atomic E-state index is 9.61. The summed E-state index contributed by atoms with van der Waals surface area (Å²) >= 11 is 0. The van der Waals surface area contributed by atoms with Gasteiger partial charge in [-0.05, 0) is 25.0 Å². The monoisotopic (exact) mass is 352 g/mol. The molecular weight excluding hydrogens is 328 g/mol. The Kier molecular flexibility index (Phi) is 5.06. The Hall–Kier alpha value is -3.09. The maximum absolute atomic E-state index is 9.61. The Morgan fingerprint density at radius 2 is 1.96 bits per heavy atom. The van der Waals surface area contributed by atoms with Crippen LogP contribution in [0.15, 0.2) is 42.7 Å². The van der Waals surface area contributed by atoms with Gasteiger partial charge in [0.2, 0.25) is 5.95 Å². The summed E-state index contributed by atoms with van der Waals surface area (Å²) in [4.78, 5) is 13.5. The van der Waals surface area contributed by atoms with E-state index in [2.05, 4.69) is 39.4 Å². The molecule has 0 aliphatic rings. The van der Waals surface area contributed by atoms with E-state index in [1.807, 2.05) is 36.9 Å². The Labute approximate surface area is 153 Å². The van der Waals surface area contributed by atoms with Crippen molar-refractivity contribution in [3.05, 3.63) is 54.2 Å². The van der Waals surface area contributed by atoms with Gasteiger partial charge in [0.15, 0.2) is 0 Å². The fourth-order valence-electron chi connectivity index (χ4n) is 2.78. The number of hydrogen-bond acceptors (Lipinski definition) is 6. The molecule has 0 spiro atoms. The molecule has 3 N–H and O–H groups in total. The van der Waals surface area contributed by atoms with E-state index < -0.39 is 0 Å². The zero-order chi connectivity index (χ0) is 18.7. The standard InChI is InChI=1S/C19H24N6O/c1-12(2)17(18-20-8-9-25(18)4)23-16-10-13(3)21-19(24-16)22-14-6-5-7-15(26)11-14/h5-12,17,26H,1-4H3,(H2,21,22,23,24). The lowest BCUT2D eigenvalue weighted by Gasteiger charge is -2.23. The first-order valence-electron chi connectivity index (χ1n) is 8.58. The molecule has 7 heteroatoms. The van der Waals surface area contributed by atoms with Gasteiger partial charge in [0.1, 0.15) is 17.4 Å². The van der Waals surface area contributed by atoms with Crippen LogP contribution in [0.3, 0.4) is 0 Å². The van der Waals surface area contributed by atoms with Gasteiger partial charge in [-0.2, -0.15) is 4.98 Å². The molecule has 0 radical (unpaired) electrons. The molecule has 26 heavy (non-hydrogen) atoms. The molecule has 3 aromatic rings. The zero-order valence-corrected chi connectivity index (χ0v) is 15.4. The van der Waals surface area contributed by atoms with E-state index in [4.69, 9.17) is 0 Å². The maximum Gasteiger partial charge on any atom is 0.229 e. The first-order chi connectivity index (χ1) is 12.4. The summed E-state index contributed by atoms with van der Waals surface area (Å²) in [7, 11) is 1.99. The van der Waals surface area contributed by atoms with Gasteiger partial charge in [-0.25, -0.2) is 9.97 Å². The third kappa shape index (κ3) is 4.11. The summed E-state index contributed by atoms with van der Waals surface area (Å²) in [6.07, 6.45) is 3.74. The van der Waals surface area contributed by atoms with Gasteiger partial charge in [-0.3, -0.25) is 0 Å². The second-order valence-corrected chi connectivity index (χ2v) is 6.66. The first-order valence-corrected chi connectivity index (χ1v) is 8.58. The van der Waals surface area contributed by atoms with Crippen LogP contribution >= 0.6 is 0 Å². The molecule has 0 aliphatic heterocycles. The molecule has 1 unspecified atom stereocenters. The van der Waals surface area contributed by atoms with Crippen LogP contribution in [0.2, 0.25) is 0 Å². The van der Waals surface area contributed by atoms with Crippen molar-refractivity contribution < 1.29 is 5.11 Å². The largest absolute Gasteiger partial charge is 0.508 e. The minimum atomic E-state index is 0.0259. The van der Waals surface area contributed by atoms with Crippen LogP contribution < -0.4 is 10.6 Å². The molecule has 1 aromatic carbocycles. The van der Waals surface area contributed by atoms with Crippen molar-refractivity contribution in [2.24, 2.45) is 13.0 Å². The summed E-state index contributed by atoms with van der Waals surface area (Å²) in [6.45, 7) is 6.21. The van der Waals surface area contributed by atoms with E-state index in [0.29, 0.717) is 11.9 Å². The SMILES string of the molecule is Cc1cc(NC(c2nccn2C)C(C)C)nc(Nc2cccc(O)c2)n1. The van der Waals surface area contributed by atoms with Gasteiger partial charge in [0.25, 0.3) is 0 Å². The predicted octanol–water partition coefficient (Wildman–Crippen LogP) is 3.78. The summed E-state index contributed by atoms with van der Waals surface area (Å²) < 4.78 is 2.01. The smallest absolute Gasteiger partial charge is 0.229 e. The summed E-state index contributed by atoms with van der Waals surface area (Å²) in [5.41, 5.74) is 1.57. The number of nitrogens with zero attached hydrogens (tertiary/aromatic N) is 4. The summed E-state index contributed by atoms with van der Waals surface area (Å²) in [5, 5.41) is 16.2. The van der Waals surface area contributed by atoms with Crippen molar-refractivity contribution in [1.29, 1.82) is 0 Å². The molecule has 0 aliphatic carbocycles. The van der Waals surface area contributed by atoms with Gasteiger partial charge in [-0.15, -0.1) is 0 Å². The van der Waals surface area contributed by atoms with Crippen molar-refractivity contribution in [2.75, 3.05) is 10.6 Å². The number of benzene rings is 1. The average Bonchev–Trinajstić information content (AvgIpc) is 2.97. The summed E-state index contributed by atoms with van der Waals surface area (Å²) in [6, 6.07) is 8.80. The van der Waals surface area contributed by atoms with E-state index in [0.717, 1.165) is 23.0 Å². The Bertz CT molecular complexity index is 889. The lowest BCUT2D eigenvalue weighted by Crippen LogP contribution is -2.21. The topological polar surface area (TPSA) is 87.9 Å². The average molecular weight is 352 g/mol. The lowest BCUT2D eigenvalue weighted by atomic mass is 10.0. The van der Waals surface area contributed by atoms with Crippen LogP contribution in [-0.2, 0) is 7.05 Å². The molecule has 136 valence electrons. The molecule has 0 amide bonds. The number of rotatable bonds is 6. The third-order valence-electron chi connectivity index (χ3n) is 4.06. The molecule has 2 heterocycles. The zero-order valence-electron chi connectivity index (χ0n) is 15.4. The molecule has 1 atom stereocenters. The van der Waals surface area contributed by atoms with E-state index in [-0.39, 0.29) is 11.8 Å². The molecule has 0 bridgehead atoms. The van der Waals surface area contributed by atoms with Crippen LogP contribution in [0.4, 0.5) is 17.5 Å². The van der Waals surface area contributed by atoms with E-state index in [9.17, 15) is 5.11 Å². The Morgan fingerprint density at radius 3 is 2.62 bits per heavy atom. The molecule has 2 aromatic heterocycles. The number of aromatic nitrogens is 4. The normalized spacial score (nSPS) is 12.2. The quantitative estimate of drug-likeness (QED) is 0.626. The molecule has 0 fully saturated rings. The van der Waals surface area contributed by atoms with Gasteiger partial charge in [0, 0.05) is 43.0 Å². The molecule has 0 saturated heterocycles. The lowest BCUT2D eigenvalue weighted by molar-refractivity contribution is 0.475. The molecule has 3 rings (SSSR count). The van der Waals surface area contributed by atoms with E-state index in [1.165, 1.54) is 0 Å². The number of phenols is 1. The highest BCUT2D eigenvalue weighted by molar-refractivity contribution is 5.57. The van der Waals surface area contributed by atoms with Crippen molar-refractivity contribution >= 4 is 17.5 Å². The second-order valence-electron chi connectivity index (χ2n) is 6.66. The van der Waals surface area contributed by atoms with Crippen molar-refractivity contribution in [3.8, 4) is 5.75 Å². The van der Waals surface area contributed by atoms with Crippen LogP contribution in [0.1, 0.15) is 31.4 Å². The highest BCUT2D eigenvalue weighted by Gasteiger charge is 2.20. The van der Waals surface area contributed by atoms with Crippen LogP contribution in [0.25, 0.3) is 0 Å².